The molecule has 136 valence electrons. The maximum Gasteiger partial charge on any atom is 0.325 e. The average Bonchev–Trinajstić information content (AvgIpc) is 3.33. The van der Waals surface area contributed by atoms with E-state index in [0.29, 0.717) is 18.9 Å². The van der Waals surface area contributed by atoms with Crippen LogP contribution in [0.5, 0.6) is 0 Å². The van der Waals surface area contributed by atoms with Crippen LogP contribution in [-0.4, -0.2) is 47.4 Å². The summed E-state index contributed by atoms with van der Waals surface area (Å²) < 4.78 is 0. The lowest BCUT2D eigenvalue weighted by Gasteiger charge is -2.36. The zero-order chi connectivity index (χ0) is 16.6. The van der Waals surface area contributed by atoms with Gasteiger partial charge in [-0.15, -0.1) is 12.4 Å². The zero-order valence-electron chi connectivity index (χ0n) is 14.0. The number of rotatable bonds is 5. The van der Waals surface area contributed by atoms with Gasteiger partial charge in [0.2, 0.25) is 5.91 Å². The van der Waals surface area contributed by atoms with Crippen molar-refractivity contribution in [3.63, 3.8) is 0 Å². The predicted octanol–water partition coefficient (Wildman–Crippen LogP) is 0.762. The predicted molar refractivity (Wildman–Crippen MR) is 91.6 cm³/mol. The summed E-state index contributed by atoms with van der Waals surface area (Å²) in [5, 5.41) is 5.72. The third-order valence-corrected chi connectivity index (χ3v) is 5.59. The van der Waals surface area contributed by atoms with E-state index in [-0.39, 0.29) is 42.7 Å². The van der Waals surface area contributed by atoms with Gasteiger partial charge in [-0.1, -0.05) is 19.8 Å². The van der Waals surface area contributed by atoms with Crippen molar-refractivity contribution in [1.29, 1.82) is 0 Å². The molecule has 3 atom stereocenters. The standard InChI is InChI=1S/C16H26N4O3.ClH/c1-10-4-2-3-7-16(10)14(22)20(15(23)19-16)9-13(21)18-12(8-17)11-5-6-11;/h10-12H,2-9,17H2,1H3,(H,18,21)(H,19,23);1H. The van der Waals surface area contributed by atoms with E-state index in [1.165, 1.54) is 0 Å². The second kappa shape index (κ2) is 7.27. The second-order valence-corrected chi connectivity index (χ2v) is 7.19. The second-order valence-electron chi connectivity index (χ2n) is 7.19. The van der Waals surface area contributed by atoms with Gasteiger partial charge in [0.05, 0.1) is 0 Å². The Morgan fingerprint density at radius 1 is 1.38 bits per heavy atom. The third kappa shape index (κ3) is 3.37. The molecule has 1 spiro atoms. The molecule has 7 nitrogen and oxygen atoms in total. The summed E-state index contributed by atoms with van der Waals surface area (Å²) in [6.07, 6.45) is 5.73. The molecule has 0 aromatic heterocycles. The smallest absolute Gasteiger partial charge is 0.325 e. The molecule has 1 heterocycles. The minimum absolute atomic E-state index is 0. The first kappa shape index (κ1) is 19.0. The summed E-state index contributed by atoms with van der Waals surface area (Å²) >= 11 is 0. The summed E-state index contributed by atoms with van der Waals surface area (Å²) in [6.45, 7) is 2.17. The minimum Gasteiger partial charge on any atom is -0.350 e. The highest BCUT2D eigenvalue weighted by atomic mass is 35.5. The van der Waals surface area contributed by atoms with Crippen LogP contribution in [0.2, 0.25) is 0 Å². The van der Waals surface area contributed by atoms with E-state index in [1.807, 2.05) is 6.92 Å². The number of hydrogen-bond donors (Lipinski definition) is 3. The van der Waals surface area contributed by atoms with Crippen LogP contribution in [0.15, 0.2) is 0 Å². The monoisotopic (exact) mass is 358 g/mol. The summed E-state index contributed by atoms with van der Waals surface area (Å²) in [5.74, 6) is -0.0160. The summed E-state index contributed by atoms with van der Waals surface area (Å²) in [4.78, 5) is 38.3. The Hall–Kier alpha value is -1.34. The van der Waals surface area contributed by atoms with E-state index in [4.69, 9.17) is 5.73 Å². The topological polar surface area (TPSA) is 105 Å². The number of carbonyl (C=O) groups excluding carboxylic acids is 3. The van der Waals surface area contributed by atoms with Crippen molar-refractivity contribution < 1.29 is 14.4 Å². The van der Waals surface area contributed by atoms with Gasteiger partial charge in [-0.3, -0.25) is 14.5 Å². The molecule has 3 rings (SSSR count). The number of urea groups is 1. The Morgan fingerprint density at radius 3 is 2.67 bits per heavy atom. The van der Waals surface area contributed by atoms with E-state index in [9.17, 15) is 14.4 Å². The minimum atomic E-state index is -0.806. The summed E-state index contributed by atoms with van der Waals surface area (Å²) in [6, 6.07) is -0.500. The molecule has 3 aliphatic rings. The Morgan fingerprint density at radius 2 is 2.08 bits per heavy atom. The number of halogens is 1. The lowest BCUT2D eigenvalue weighted by atomic mass is 9.73. The molecule has 1 aliphatic heterocycles. The summed E-state index contributed by atoms with van der Waals surface area (Å²) in [5.41, 5.74) is 4.87. The van der Waals surface area contributed by atoms with Crippen LogP contribution >= 0.6 is 12.4 Å². The Labute approximate surface area is 148 Å². The first-order valence-corrected chi connectivity index (χ1v) is 8.61. The van der Waals surface area contributed by atoms with Crippen LogP contribution in [0.25, 0.3) is 0 Å². The van der Waals surface area contributed by atoms with Crippen molar-refractivity contribution in [2.75, 3.05) is 13.1 Å². The molecule has 4 N–H and O–H groups in total. The fraction of sp³-hybridized carbons (Fsp3) is 0.812. The zero-order valence-corrected chi connectivity index (χ0v) is 14.9. The quantitative estimate of drug-likeness (QED) is 0.631. The highest BCUT2D eigenvalue weighted by Gasteiger charge is 2.55. The average molecular weight is 359 g/mol. The van der Waals surface area contributed by atoms with Gasteiger partial charge < -0.3 is 16.4 Å². The van der Waals surface area contributed by atoms with Crippen LogP contribution in [0.1, 0.15) is 45.4 Å². The molecule has 8 heteroatoms. The molecule has 0 aromatic rings. The van der Waals surface area contributed by atoms with Crippen molar-refractivity contribution in [1.82, 2.24) is 15.5 Å². The highest BCUT2D eigenvalue weighted by Crippen LogP contribution is 2.38. The molecule has 4 amide bonds. The normalized spacial score (nSPS) is 30.8. The first-order valence-electron chi connectivity index (χ1n) is 8.61. The molecule has 3 unspecified atom stereocenters. The van der Waals surface area contributed by atoms with Gasteiger partial charge in [0.25, 0.3) is 5.91 Å². The molecule has 1 saturated heterocycles. The fourth-order valence-electron chi connectivity index (χ4n) is 3.90. The van der Waals surface area contributed by atoms with Crippen LogP contribution in [0.4, 0.5) is 4.79 Å². The molecule has 2 aliphatic carbocycles. The number of nitrogens with two attached hydrogens (primary N) is 1. The van der Waals surface area contributed by atoms with Gasteiger partial charge in [0, 0.05) is 12.6 Å². The van der Waals surface area contributed by atoms with E-state index in [0.717, 1.165) is 37.0 Å². The van der Waals surface area contributed by atoms with E-state index < -0.39 is 11.6 Å². The lowest BCUT2D eigenvalue weighted by molar-refractivity contribution is -0.137. The number of nitrogens with zero attached hydrogens (tertiary/aromatic N) is 1. The van der Waals surface area contributed by atoms with Gasteiger partial charge in [0.1, 0.15) is 12.1 Å². The van der Waals surface area contributed by atoms with Crippen molar-refractivity contribution in [2.24, 2.45) is 17.6 Å². The number of nitrogens with one attached hydrogen (secondary N) is 2. The molecule has 0 aromatic carbocycles. The Balaban J connectivity index is 0.00000208. The third-order valence-electron chi connectivity index (χ3n) is 5.59. The maximum atomic E-state index is 12.8. The number of carbonyl (C=O) groups is 3. The van der Waals surface area contributed by atoms with Crippen molar-refractivity contribution in [3.8, 4) is 0 Å². The van der Waals surface area contributed by atoms with Crippen LogP contribution in [-0.2, 0) is 9.59 Å². The Bertz CT molecular complexity index is 525. The van der Waals surface area contributed by atoms with Gasteiger partial charge >= 0.3 is 6.03 Å². The van der Waals surface area contributed by atoms with Crippen LogP contribution in [0.3, 0.4) is 0 Å². The fourth-order valence-corrected chi connectivity index (χ4v) is 3.90. The number of hydrogen-bond acceptors (Lipinski definition) is 4. The van der Waals surface area contributed by atoms with Crippen molar-refractivity contribution >= 4 is 30.3 Å². The number of amides is 4. The molecule has 2 saturated carbocycles. The molecule has 0 radical (unpaired) electrons. The van der Waals surface area contributed by atoms with Gasteiger partial charge in [0.15, 0.2) is 0 Å². The van der Waals surface area contributed by atoms with Crippen LogP contribution < -0.4 is 16.4 Å². The summed E-state index contributed by atoms with van der Waals surface area (Å²) in [7, 11) is 0. The lowest BCUT2D eigenvalue weighted by Crippen LogP contribution is -2.54. The van der Waals surface area contributed by atoms with Gasteiger partial charge in [-0.2, -0.15) is 0 Å². The SMILES string of the molecule is CC1CCCCC12NC(=O)N(CC(=O)NC(CN)C1CC1)C2=O.Cl. The highest BCUT2D eigenvalue weighted by molar-refractivity contribution is 6.09. The number of imide groups is 1. The van der Waals surface area contributed by atoms with Crippen molar-refractivity contribution in [3.05, 3.63) is 0 Å². The van der Waals surface area contributed by atoms with Gasteiger partial charge in [-0.25, -0.2) is 4.79 Å². The van der Waals surface area contributed by atoms with Crippen LogP contribution in [0, 0.1) is 11.8 Å². The molecule has 3 fully saturated rings. The molecular weight excluding hydrogens is 332 g/mol. The molecule has 24 heavy (non-hydrogen) atoms. The van der Waals surface area contributed by atoms with E-state index in [1.54, 1.807) is 0 Å². The Kier molecular flexibility index (Phi) is 5.75. The maximum absolute atomic E-state index is 12.8. The van der Waals surface area contributed by atoms with Crippen molar-refractivity contribution in [2.45, 2.75) is 57.0 Å². The molecule has 0 bridgehead atoms. The van der Waals surface area contributed by atoms with E-state index in [2.05, 4.69) is 10.6 Å². The van der Waals surface area contributed by atoms with Gasteiger partial charge in [-0.05, 0) is 37.5 Å². The first-order chi connectivity index (χ1) is 11.0. The molecular formula is C16H27ClN4O3. The van der Waals surface area contributed by atoms with E-state index >= 15 is 0 Å². The largest absolute Gasteiger partial charge is 0.350 e.